The lowest BCUT2D eigenvalue weighted by atomic mass is 9.98. The van der Waals surface area contributed by atoms with E-state index >= 15 is 0 Å². The van der Waals surface area contributed by atoms with Crippen molar-refractivity contribution < 1.29 is 9.59 Å². The molecule has 1 aliphatic heterocycles. The number of amides is 3. The summed E-state index contributed by atoms with van der Waals surface area (Å²) in [5, 5.41) is 6.42. The van der Waals surface area contributed by atoms with E-state index in [1.165, 1.54) is 0 Å². The number of hydrogen-bond donors (Lipinski definition) is 2. The number of anilines is 1. The van der Waals surface area contributed by atoms with Crippen LogP contribution in [0.5, 0.6) is 0 Å². The molecule has 5 nitrogen and oxygen atoms in total. The van der Waals surface area contributed by atoms with Gasteiger partial charge in [-0.15, -0.1) is 0 Å². The molecule has 0 aromatic heterocycles. The van der Waals surface area contributed by atoms with Gasteiger partial charge in [0.1, 0.15) is 0 Å². The summed E-state index contributed by atoms with van der Waals surface area (Å²) in [6.45, 7) is 5.92. The Balaban J connectivity index is 1.55. The van der Waals surface area contributed by atoms with Crippen LogP contribution < -0.4 is 10.6 Å². The summed E-state index contributed by atoms with van der Waals surface area (Å²) >= 11 is 6.08. The quantitative estimate of drug-likeness (QED) is 0.787. The fraction of sp³-hybridized carbons (Fsp3) is 0.364. The van der Waals surface area contributed by atoms with E-state index in [0.717, 1.165) is 36.2 Å². The zero-order valence-electron chi connectivity index (χ0n) is 16.3. The second-order valence-corrected chi connectivity index (χ2v) is 7.73. The molecule has 0 radical (unpaired) electrons. The van der Waals surface area contributed by atoms with Gasteiger partial charge in [-0.2, -0.15) is 0 Å². The van der Waals surface area contributed by atoms with Crippen molar-refractivity contribution in [2.24, 2.45) is 5.92 Å². The summed E-state index contributed by atoms with van der Waals surface area (Å²) in [5.74, 6) is 0.0482. The van der Waals surface area contributed by atoms with E-state index in [0.29, 0.717) is 23.7 Å². The van der Waals surface area contributed by atoms with Crippen LogP contribution in [-0.4, -0.2) is 36.5 Å². The molecule has 148 valence electrons. The highest BCUT2D eigenvalue weighted by molar-refractivity contribution is 6.33. The van der Waals surface area contributed by atoms with E-state index in [2.05, 4.69) is 10.6 Å². The van der Waals surface area contributed by atoms with E-state index in [9.17, 15) is 9.59 Å². The van der Waals surface area contributed by atoms with Gasteiger partial charge in [0.05, 0.1) is 10.6 Å². The molecule has 0 saturated carbocycles. The number of carbonyl (C=O) groups is 2. The van der Waals surface area contributed by atoms with Crippen molar-refractivity contribution in [2.45, 2.75) is 26.7 Å². The number of halogens is 1. The normalized spacial score (nSPS) is 16.5. The van der Waals surface area contributed by atoms with Crippen molar-refractivity contribution in [1.29, 1.82) is 0 Å². The molecule has 2 aromatic carbocycles. The molecule has 1 saturated heterocycles. The number of aryl methyl sites for hydroxylation is 1. The average Bonchev–Trinajstić information content (AvgIpc) is 2.70. The maximum atomic E-state index is 12.7. The first-order valence-electron chi connectivity index (χ1n) is 9.60. The second-order valence-electron chi connectivity index (χ2n) is 7.32. The van der Waals surface area contributed by atoms with Crippen LogP contribution in [0.25, 0.3) is 0 Å². The number of benzene rings is 2. The summed E-state index contributed by atoms with van der Waals surface area (Å²) in [6.07, 6.45) is 1.91. The molecular weight excluding hydrogens is 374 g/mol. The maximum absolute atomic E-state index is 12.7. The summed E-state index contributed by atoms with van der Waals surface area (Å²) in [5.41, 5.74) is 3.55. The smallest absolute Gasteiger partial charge is 0.321 e. The highest BCUT2D eigenvalue weighted by Gasteiger charge is 2.24. The molecule has 6 heteroatoms. The summed E-state index contributed by atoms with van der Waals surface area (Å²) < 4.78 is 0. The number of rotatable bonds is 4. The van der Waals surface area contributed by atoms with Crippen LogP contribution in [0.1, 0.15) is 34.3 Å². The molecule has 28 heavy (non-hydrogen) atoms. The Bertz CT molecular complexity index is 869. The average molecular weight is 400 g/mol. The first-order chi connectivity index (χ1) is 13.5. The van der Waals surface area contributed by atoms with E-state index in [1.54, 1.807) is 24.3 Å². The Kier molecular flexibility index (Phi) is 6.57. The Morgan fingerprint density at radius 2 is 1.93 bits per heavy atom. The van der Waals surface area contributed by atoms with Crippen molar-refractivity contribution in [3.8, 4) is 0 Å². The number of hydrogen-bond acceptors (Lipinski definition) is 2. The zero-order valence-corrected chi connectivity index (χ0v) is 17.1. The first kappa shape index (κ1) is 20.2. The maximum Gasteiger partial charge on any atom is 0.321 e. The van der Waals surface area contributed by atoms with Gasteiger partial charge in [-0.25, -0.2) is 4.79 Å². The lowest BCUT2D eigenvalue weighted by molar-refractivity contribution is 0.0938. The minimum absolute atomic E-state index is 0.0872. The van der Waals surface area contributed by atoms with Crippen LogP contribution in [0.3, 0.4) is 0 Å². The molecule has 0 bridgehead atoms. The Morgan fingerprint density at radius 1 is 1.14 bits per heavy atom. The van der Waals surface area contributed by atoms with Gasteiger partial charge >= 0.3 is 6.03 Å². The molecule has 0 unspecified atom stereocenters. The van der Waals surface area contributed by atoms with E-state index in [4.69, 9.17) is 11.6 Å². The number of nitrogens with one attached hydrogen (secondary N) is 2. The minimum Gasteiger partial charge on any atom is -0.352 e. The SMILES string of the molecule is Cc1cccc(NC(=O)N2CCC[C@H](CNC(=O)c3ccccc3Cl)C2)c1C. The van der Waals surface area contributed by atoms with Gasteiger partial charge in [0.25, 0.3) is 5.91 Å². The van der Waals surface area contributed by atoms with Crippen molar-refractivity contribution in [1.82, 2.24) is 10.2 Å². The van der Waals surface area contributed by atoms with Crippen LogP contribution in [0.15, 0.2) is 42.5 Å². The topological polar surface area (TPSA) is 61.4 Å². The number of urea groups is 1. The molecule has 0 aliphatic carbocycles. The molecule has 0 spiro atoms. The molecule has 1 fully saturated rings. The zero-order chi connectivity index (χ0) is 20.1. The van der Waals surface area contributed by atoms with Gasteiger partial charge < -0.3 is 15.5 Å². The molecule has 1 heterocycles. The van der Waals surface area contributed by atoms with Crippen molar-refractivity contribution in [2.75, 3.05) is 25.0 Å². The summed E-state index contributed by atoms with van der Waals surface area (Å²) in [7, 11) is 0. The molecule has 2 N–H and O–H groups in total. The van der Waals surface area contributed by atoms with Gasteiger partial charge in [-0.05, 0) is 61.9 Å². The van der Waals surface area contributed by atoms with Gasteiger partial charge in [0.2, 0.25) is 0 Å². The minimum atomic E-state index is -0.178. The standard InChI is InChI=1S/C22H26ClN3O2/c1-15-7-5-11-20(16(15)2)25-22(28)26-12-6-8-17(14-26)13-24-21(27)18-9-3-4-10-19(18)23/h3-5,7,9-11,17H,6,8,12-14H2,1-2H3,(H,24,27)(H,25,28)/t17-/m1/s1. The van der Waals surface area contributed by atoms with Crippen LogP contribution in [0.4, 0.5) is 10.5 Å². The highest BCUT2D eigenvalue weighted by atomic mass is 35.5. The Hall–Kier alpha value is -2.53. The van der Waals surface area contributed by atoms with Crippen LogP contribution in [0.2, 0.25) is 5.02 Å². The third kappa shape index (κ3) is 4.84. The summed E-state index contributed by atoms with van der Waals surface area (Å²) in [4.78, 5) is 26.9. The summed E-state index contributed by atoms with van der Waals surface area (Å²) in [6, 6.07) is 12.8. The second kappa shape index (κ2) is 9.11. The third-order valence-corrected chi connectivity index (χ3v) is 5.65. The van der Waals surface area contributed by atoms with E-state index in [1.807, 2.05) is 36.9 Å². The molecule has 3 rings (SSSR count). The number of likely N-dealkylation sites (tertiary alicyclic amines) is 1. The lowest BCUT2D eigenvalue weighted by Crippen LogP contribution is -2.45. The molecule has 1 atom stereocenters. The van der Waals surface area contributed by atoms with Gasteiger partial charge in [0, 0.05) is 25.3 Å². The first-order valence-corrected chi connectivity index (χ1v) is 9.98. The Morgan fingerprint density at radius 3 is 2.71 bits per heavy atom. The molecular formula is C22H26ClN3O2. The van der Waals surface area contributed by atoms with Gasteiger partial charge in [-0.1, -0.05) is 35.9 Å². The van der Waals surface area contributed by atoms with Crippen molar-refractivity contribution >= 4 is 29.2 Å². The van der Waals surface area contributed by atoms with Crippen LogP contribution in [0, 0.1) is 19.8 Å². The fourth-order valence-corrected chi connectivity index (χ4v) is 3.70. The van der Waals surface area contributed by atoms with Crippen LogP contribution in [-0.2, 0) is 0 Å². The van der Waals surface area contributed by atoms with Crippen molar-refractivity contribution in [3.05, 3.63) is 64.2 Å². The Labute approximate surface area is 171 Å². The molecule has 3 amide bonds. The lowest BCUT2D eigenvalue weighted by Gasteiger charge is -2.33. The monoisotopic (exact) mass is 399 g/mol. The number of carbonyl (C=O) groups excluding carboxylic acids is 2. The van der Waals surface area contributed by atoms with E-state index in [-0.39, 0.29) is 17.9 Å². The highest BCUT2D eigenvalue weighted by Crippen LogP contribution is 2.21. The third-order valence-electron chi connectivity index (χ3n) is 5.32. The fourth-order valence-electron chi connectivity index (χ4n) is 3.47. The van der Waals surface area contributed by atoms with Crippen molar-refractivity contribution in [3.63, 3.8) is 0 Å². The molecule has 1 aliphatic rings. The number of nitrogens with zero attached hydrogens (tertiary/aromatic N) is 1. The molecule has 2 aromatic rings. The van der Waals surface area contributed by atoms with Gasteiger partial charge in [-0.3, -0.25) is 4.79 Å². The predicted molar refractivity (Wildman–Crippen MR) is 113 cm³/mol. The predicted octanol–water partition coefficient (Wildman–Crippen LogP) is 4.63. The largest absolute Gasteiger partial charge is 0.352 e. The number of piperidine rings is 1. The van der Waals surface area contributed by atoms with Gasteiger partial charge in [0.15, 0.2) is 0 Å². The van der Waals surface area contributed by atoms with E-state index < -0.39 is 0 Å². The van der Waals surface area contributed by atoms with Crippen LogP contribution >= 0.6 is 11.6 Å².